The van der Waals surface area contributed by atoms with Crippen LogP contribution in [0.5, 0.6) is 5.75 Å². The molecule has 0 aliphatic heterocycles. The molecule has 4 nitrogen and oxygen atoms in total. The summed E-state index contributed by atoms with van der Waals surface area (Å²) in [6, 6.07) is 8.10. The van der Waals surface area contributed by atoms with Crippen LogP contribution in [0.4, 0.5) is 0 Å². The highest BCUT2D eigenvalue weighted by molar-refractivity contribution is 9.10. The summed E-state index contributed by atoms with van der Waals surface area (Å²) in [6.07, 6.45) is 3.43. The van der Waals surface area contributed by atoms with E-state index in [2.05, 4.69) is 27.3 Å². The summed E-state index contributed by atoms with van der Waals surface area (Å²) in [4.78, 5) is 0. The summed E-state index contributed by atoms with van der Waals surface area (Å²) >= 11 is 3.54. The third-order valence-electron chi connectivity index (χ3n) is 3.00. The van der Waals surface area contributed by atoms with E-state index in [-0.39, 0.29) is 6.04 Å². The highest BCUT2D eigenvalue weighted by atomic mass is 79.9. The predicted octanol–water partition coefficient (Wildman–Crippen LogP) is 3.38. The monoisotopic (exact) mass is 339 g/mol. The largest absolute Gasteiger partial charge is 0.490 e. The first-order chi connectivity index (χ1) is 9.76. The highest BCUT2D eigenvalue weighted by Crippen LogP contribution is 2.30. The fourth-order valence-electron chi connectivity index (χ4n) is 2.01. The number of methoxy groups -OCH3 is 1. The SMILES string of the molecule is CNC(c1ccoc1)c1ccc(OCCOC)c(Br)c1. The van der Waals surface area contributed by atoms with E-state index in [1.807, 2.05) is 25.2 Å². The van der Waals surface area contributed by atoms with Gasteiger partial charge in [0.1, 0.15) is 12.4 Å². The molecule has 5 heteroatoms. The summed E-state index contributed by atoms with van der Waals surface area (Å²) in [5.41, 5.74) is 2.23. The van der Waals surface area contributed by atoms with Crippen molar-refractivity contribution in [3.05, 3.63) is 52.4 Å². The van der Waals surface area contributed by atoms with Gasteiger partial charge in [-0.2, -0.15) is 0 Å². The van der Waals surface area contributed by atoms with Gasteiger partial charge in [-0.15, -0.1) is 0 Å². The molecule has 20 heavy (non-hydrogen) atoms. The van der Waals surface area contributed by atoms with Gasteiger partial charge in [-0.1, -0.05) is 6.07 Å². The van der Waals surface area contributed by atoms with Crippen LogP contribution in [0.1, 0.15) is 17.2 Å². The molecule has 1 unspecified atom stereocenters. The first kappa shape index (κ1) is 15.1. The van der Waals surface area contributed by atoms with Gasteiger partial charge in [0.05, 0.1) is 29.6 Å². The molecule has 0 aliphatic carbocycles. The molecule has 1 N–H and O–H groups in total. The Morgan fingerprint density at radius 1 is 1.25 bits per heavy atom. The minimum Gasteiger partial charge on any atom is -0.490 e. The maximum absolute atomic E-state index is 5.63. The first-order valence-electron chi connectivity index (χ1n) is 6.36. The molecule has 1 aromatic heterocycles. The fourth-order valence-corrected chi connectivity index (χ4v) is 2.52. The Kier molecular flexibility index (Phi) is 5.64. The first-order valence-corrected chi connectivity index (χ1v) is 7.16. The predicted molar refractivity (Wildman–Crippen MR) is 81.1 cm³/mol. The van der Waals surface area contributed by atoms with E-state index in [1.54, 1.807) is 19.6 Å². The zero-order valence-electron chi connectivity index (χ0n) is 11.6. The Bertz CT molecular complexity index is 528. The molecule has 1 heterocycles. The Balaban J connectivity index is 2.15. The Morgan fingerprint density at radius 2 is 2.10 bits per heavy atom. The number of rotatable bonds is 7. The van der Waals surface area contributed by atoms with Gasteiger partial charge in [-0.25, -0.2) is 0 Å². The Labute approximate surface area is 127 Å². The van der Waals surface area contributed by atoms with Gasteiger partial charge >= 0.3 is 0 Å². The molecule has 0 aliphatic rings. The molecule has 0 radical (unpaired) electrons. The number of furan rings is 1. The quantitative estimate of drug-likeness (QED) is 0.785. The summed E-state index contributed by atoms with van der Waals surface area (Å²) in [6.45, 7) is 1.11. The van der Waals surface area contributed by atoms with Crippen LogP contribution in [0.3, 0.4) is 0 Å². The standard InChI is InChI=1S/C15H18BrNO3/c1-17-15(12-5-6-19-10-12)11-3-4-14(13(16)9-11)20-8-7-18-2/h3-6,9-10,15,17H,7-8H2,1-2H3. The van der Waals surface area contributed by atoms with Crippen LogP contribution in [-0.4, -0.2) is 27.4 Å². The topological polar surface area (TPSA) is 43.6 Å². The van der Waals surface area contributed by atoms with Crippen LogP contribution in [0.25, 0.3) is 0 Å². The second-order valence-electron chi connectivity index (χ2n) is 4.31. The molecule has 2 aromatic rings. The van der Waals surface area contributed by atoms with Gasteiger partial charge in [0.15, 0.2) is 0 Å². The molecule has 1 atom stereocenters. The number of nitrogens with one attached hydrogen (secondary N) is 1. The lowest BCUT2D eigenvalue weighted by Crippen LogP contribution is -2.17. The molecule has 0 saturated heterocycles. The highest BCUT2D eigenvalue weighted by Gasteiger charge is 2.14. The zero-order chi connectivity index (χ0) is 14.4. The van der Waals surface area contributed by atoms with Crippen LogP contribution >= 0.6 is 15.9 Å². The van der Waals surface area contributed by atoms with Crippen molar-refractivity contribution in [2.45, 2.75) is 6.04 Å². The molecule has 1 aromatic carbocycles. The van der Waals surface area contributed by atoms with Crippen molar-refractivity contribution in [1.29, 1.82) is 0 Å². The van der Waals surface area contributed by atoms with Crippen molar-refractivity contribution in [3.8, 4) is 5.75 Å². The molecule has 0 amide bonds. The van der Waals surface area contributed by atoms with E-state index in [0.717, 1.165) is 21.3 Å². The fraction of sp³-hybridized carbons (Fsp3) is 0.333. The van der Waals surface area contributed by atoms with E-state index < -0.39 is 0 Å². The van der Waals surface area contributed by atoms with Crippen LogP contribution in [-0.2, 0) is 4.74 Å². The van der Waals surface area contributed by atoms with Gasteiger partial charge < -0.3 is 19.2 Å². The maximum atomic E-state index is 5.63. The van der Waals surface area contributed by atoms with Crippen LogP contribution in [0.15, 0.2) is 45.7 Å². The van der Waals surface area contributed by atoms with Crippen molar-refractivity contribution < 1.29 is 13.9 Å². The van der Waals surface area contributed by atoms with Gasteiger partial charge in [0.2, 0.25) is 0 Å². The second kappa shape index (κ2) is 7.47. The van der Waals surface area contributed by atoms with Crippen LogP contribution in [0.2, 0.25) is 0 Å². The number of halogens is 1. The lowest BCUT2D eigenvalue weighted by molar-refractivity contribution is 0.146. The minimum absolute atomic E-state index is 0.0954. The smallest absolute Gasteiger partial charge is 0.133 e. The van der Waals surface area contributed by atoms with E-state index in [1.165, 1.54) is 0 Å². The second-order valence-corrected chi connectivity index (χ2v) is 5.16. The van der Waals surface area contributed by atoms with E-state index in [9.17, 15) is 0 Å². The van der Waals surface area contributed by atoms with Crippen molar-refractivity contribution in [1.82, 2.24) is 5.32 Å². The molecular formula is C15H18BrNO3. The Morgan fingerprint density at radius 3 is 2.70 bits per heavy atom. The third kappa shape index (κ3) is 3.62. The minimum atomic E-state index is 0.0954. The van der Waals surface area contributed by atoms with Crippen LogP contribution in [0, 0.1) is 0 Å². The summed E-state index contributed by atoms with van der Waals surface area (Å²) < 4.78 is 16.7. The van der Waals surface area contributed by atoms with E-state index in [0.29, 0.717) is 13.2 Å². The molecule has 108 valence electrons. The maximum Gasteiger partial charge on any atom is 0.133 e. The number of ether oxygens (including phenoxy) is 2. The van der Waals surface area contributed by atoms with Crippen molar-refractivity contribution >= 4 is 15.9 Å². The molecule has 2 rings (SSSR count). The normalized spacial score (nSPS) is 12.3. The van der Waals surface area contributed by atoms with Gasteiger partial charge in [0, 0.05) is 12.7 Å². The Hall–Kier alpha value is -1.30. The molecule has 0 bridgehead atoms. The van der Waals surface area contributed by atoms with Gasteiger partial charge in [-0.05, 0) is 46.7 Å². The van der Waals surface area contributed by atoms with Gasteiger partial charge in [0.25, 0.3) is 0 Å². The van der Waals surface area contributed by atoms with Crippen molar-refractivity contribution in [2.75, 3.05) is 27.4 Å². The average molecular weight is 340 g/mol. The summed E-state index contributed by atoms with van der Waals surface area (Å²) in [5, 5.41) is 3.28. The zero-order valence-corrected chi connectivity index (χ0v) is 13.1. The summed E-state index contributed by atoms with van der Waals surface area (Å²) in [7, 11) is 3.58. The lowest BCUT2D eigenvalue weighted by Gasteiger charge is -2.16. The number of hydrogen-bond donors (Lipinski definition) is 1. The third-order valence-corrected chi connectivity index (χ3v) is 3.62. The molecular weight excluding hydrogens is 322 g/mol. The van der Waals surface area contributed by atoms with E-state index >= 15 is 0 Å². The lowest BCUT2D eigenvalue weighted by atomic mass is 10.0. The van der Waals surface area contributed by atoms with Crippen molar-refractivity contribution in [2.24, 2.45) is 0 Å². The molecule has 0 fully saturated rings. The molecule has 0 saturated carbocycles. The molecule has 0 spiro atoms. The van der Waals surface area contributed by atoms with Crippen molar-refractivity contribution in [3.63, 3.8) is 0 Å². The van der Waals surface area contributed by atoms with Crippen LogP contribution < -0.4 is 10.1 Å². The summed E-state index contributed by atoms with van der Waals surface area (Å²) in [5.74, 6) is 0.813. The average Bonchev–Trinajstić information content (AvgIpc) is 2.96. The van der Waals surface area contributed by atoms with E-state index in [4.69, 9.17) is 13.9 Å². The van der Waals surface area contributed by atoms with Gasteiger partial charge in [-0.3, -0.25) is 0 Å². The number of hydrogen-bond acceptors (Lipinski definition) is 4. The number of benzene rings is 1.